The number of benzene rings is 3. The maximum Gasteiger partial charge on any atom is 0.417 e. The van der Waals surface area contributed by atoms with Gasteiger partial charge in [0.2, 0.25) is 5.91 Å². The van der Waals surface area contributed by atoms with Crippen molar-refractivity contribution < 1.29 is 36.3 Å². The number of carbonyl (C=O) groups is 2. The van der Waals surface area contributed by atoms with Crippen molar-refractivity contribution in [2.45, 2.75) is 57.3 Å². The lowest BCUT2D eigenvalue weighted by atomic mass is 9.72. The molecule has 1 saturated heterocycles. The van der Waals surface area contributed by atoms with Gasteiger partial charge in [0.15, 0.2) is 9.84 Å². The molecular weight excluding hydrogens is 659 g/mol. The molecule has 2 N–H and O–H groups in total. The Kier molecular flexibility index (Phi) is 9.12. The number of carboxylic acid groups (broad SMARTS) is 1. The van der Waals surface area contributed by atoms with E-state index in [4.69, 9.17) is 0 Å². The van der Waals surface area contributed by atoms with Crippen LogP contribution in [0.2, 0.25) is 0 Å². The van der Waals surface area contributed by atoms with E-state index in [0.717, 1.165) is 0 Å². The summed E-state index contributed by atoms with van der Waals surface area (Å²) in [5.41, 5.74) is -2.44. The van der Waals surface area contributed by atoms with Crippen LogP contribution in [-0.2, 0) is 39.1 Å². The number of carboxylic acids is 1. The van der Waals surface area contributed by atoms with E-state index < -0.39 is 56.0 Å². The van der Waals surface area contributed by atoms with E-state index in [0.29, 0.717) is 55.1 Å². The highest BCUT2D eigenvalue weighted by molar-refractivity contribution is 7.91. The minimum absolute atomic E-state index is 0.0736. The minimum atomic E-state index is -4.84. The molecule has 49 heavy (non-hydrogen) atoms. The molecule has 1 saturated carbocycles. The van der Waals surface area contributed by atoms with Gasteiger partial charge in [0.05, 0.1) is 28.1 Å². The molecule has 13 heteroatoms. The average molecular weight is 698 g/mol. The zero-order valence-corrected chi connectivity index (χ0v) is 28.0. The Bertz CT molecular complexity index is 2110. The van der Waals surface area contributed by atoms with Gasteiger partial charge in [0, 0.05) is 43.4 Å². The van der Waals surface area contributed by atoms with Gasteiger partial charge in [-0.3, -0.25) is 14.5 Å². The quantitative estimate of drug-likeness (QED) is 0.273. The zero-order chi connectivity index (χ0) is 35.3. The van der Waals surface area contributed by atoms with Crippen LogP contribution in [0.15, 0.2) is 65.5 Å². The summed E-state index contributed by atoms with van der Waals surface area (Å²) in [7, 11) is -1.58. The predicted molar refractivity (Wildman–Crippen MR) is 181 cm³/mol. The van der Waals surface area contributed by atoms with E-state index in [-0.39, 0.29) is 40.4 Å². The number of pyridine rings is 1. The molecule has 1 aromatic heterocycles. The third-order valence-corrected chi connectivity index (χ3v) is 12.0. The van der Waals surface area contributed by atoms with Crippen molar-refractivity contribution in [2.75, 3.05) is 24.6 Å². The Balaban J connectivity index is 1.28. The van der Waals surface area contributed by atoms with E-state index in [1.54, 1.807) is 36.4 Å². The maximum atomic E-state index is 14.7. The molecule has 0 bridgehead atoms. The fourth-order valence-corrected chi connectivity index (χ4v) is 8.72. The number of sulfone groups is 1. The number of carbonyl (C=O) groups excluding carboxylic acids is 1. The second-order valence-electron chi connectivity index (χ2n) is 13.5. The number of hydrogen-bond acceptors (Lipinski definition) is 6. The van der Waals surface area contributed by atoms with Crippen molar-refractivity contribution in [1.82, 2.24) is 14.8 Å². The number of rotatable bonds is 7. The number of aliphatic carboxylic acids is 1. The first-order valence-electron chi connectivity index (χ1n) is 16.3. The van der Waals surface area contributed by atoms with Gasteiger partial charge in [-0.25, -0.2) is 13.2 Å². The van der Waals surface area contributed by atoms with Crippen LogP contribution >= 0.6 is 0 Å². The van der Waals surface area contributed by atoms with Crippen LogP contribution in [0.25, 0.3) is 32.8 Å². The second kappa shape index (κ2) is 12.9. The van der Waals surface area contributed by atoms with Crippen LogP contribution in [0.4, 0.5) is 13.2 Å². The number of para-hydroxylation sites is 1. The van der Waals surface area contributed by atoms with Crippen LogP contribution in [0.1, 0.15) is 43.7 Å². The molecule has 2 aliphatic rings. The number of halogens is 3. The summed E-state index contributed by atoms with van der Waals surface area (Å²) >= 11 is 0. The number of hydrogen-bond donors (Lipinski definition) is 2. The fraction of sp³-hybridized carbons (Fsp3) is 0.417. The van der Waals surface area contributed by atoms with E-state index in [1.165, 1.54) is 35.9 Å². The second-order valence-corrected chi connectivity index (χ2v) is 15.8. The van der Waals surface area contributed by atoms with Crippen LogP contribution < -0.4 is 10.9 Å². The molecule has 0 radical (unpaired) electrons. The summed E-state index contributed by atoms with van der Waals surface area (Å²) in [6.45, 7) is 2.75. The molecule has 9 nitrogen and oxygen atoms in total. The van der Waals surface area contributed by atoms with Gasteiger partial charge >= 0.3 is 12.1 Å². The van der Waals surface area contributed by atoms with Gasteiger partial charge in [-0.1, -0.05) is 61.5 Å². The van der Waals surface area contributed by atoms with Gasteiger partial charge in [0.1, 0.15) is 6.04 Å². The molecule has 4 aromatic rings. The number of fused-ring (bicyclic) bond motifs is 2. The first kappa shape index (κ1) is 34.6. The lowest BCUT2D eigenvalue weighted by Crippen LogP contribution is -2.52. The van der Waals surface area contributed by atoms with E-state index in [2.05, 4.69) is 10.2 Å². The Morgan fingerprint density at radius 3 is 2.22 bits per heavy atom. The normalized spacial score (nSPS) is 22.2. The number of nitrogens with zero attached hydrogens (tertiary/aromatic N) is 2. The number of aromatic nitrogens is 1. The van der Waals surface area contributed by atoms with Crippen molar-refractivity contribution >= 4 is 43.4 Å². The number of aryl methyl sites for hydroxylation is 1. The van der Waals surface area contributed by atoms with Gasteiger partial charge in [-0.15, -0.1) is 0 Å². The van der Waals surface area contributed by atoms with E-state index >= 15 is 0 Å². The fourth-order valence-electron chi connectivity index (χ4n) is 7.49. The van der Waals surface area contributed by atoms with Crippen LogP contribution in [0, 0.1) is 5.41 Å². The Hall–Kier alpha value is -4.23. The lowest BCUT2D eigenvalue weighted by Gasteiger charge is -2.42. The molecule has 1 atom stereocenters. The maximum absolute atomic E-state index is 14.7. The topological polar surface area (TPSA) is 126 Å². The zero-order valence-electron chi connectivity index (χ0n) is 27.2. The summed E-state index contributed by atoms with van der Waals surface area (Å²) in [5, 5.41) is 13.6. The molecule has 6 rings (SSSR count). The molecule has 0 spiro atoms. The molecule has 0 unspecified atom stereocenters. The predicted octanol–water partition coefficient (Wildman–Crippen LogP) is 5.17. The Morgan fingerprint density at radius 2 is 1.57 bits per heavy atom. The van der Waals surface area contributed by atoms with Gasteiger partial charge in [0.25, 0.3) is 5.56 Å². The molecule has 1 aliphatic carbocycles. The van der Waals surface area contributed by atoms with Crippen molar-refractivity contribution in [2.24, 2.45) is 12.5 Å². The molecule has 2 fully saturated rings. The smallest absolute Gasteiger partial charge is 0.417 e. The van der Waals surface area contributed by atoms with E-state index in [1.807, 2.05) is 6.92 Å². The monoisotopic (exact) mass is 697 g/mol. The summed E-state index contributed by atoms with van der Waals surface area (Å²) in [4.78, 5) is 41.8. The standard InChI is InChI=1S/C36H38F3N3O6S/c1-35(15-13-23(14-16-35)42-17-19-49(47,48)20-18-42)34(46)40-28(33(44)45)21-22-7-5-10-25-24(22)9-6-11-26(25)30-31(36(37,38)39)27-8-3-4-12-29(27)41(2)32(30)43/h3-12,23,28H,13-21H2,1-2H3,(H,40,46)(H,44,45)/t23?,28-,35?/m0/s1. The minimum Gasteiger partial charge on any atom is -0.480 e. The highest BCUT2D eigenvalue weighted by Gasteiger charge is 2.42. The highest BCUT2D eigenvalue weighted by atomic mass is 32.2. The SMILES string of the molecule is Cn1c(=O)c(-c2cccc3c(C[C@H](NC(=O)C4(C)CCC(N5CCS(=O)(=O)CC5)CC4)C(=O)O)cccc23)c(C(F)(F)F)c2ccccc21. The average Bonchev–Trinajstić information content (AvgIpc) is 3.05. The highest BCUT2D eigenvalue weighted by Crippen LogP contribution is 2.42. The number of nitrogens with one attached hydrogen (secondary N) is 1. The summed E-state index contributed by atoms with van der Waals surface area (Å²) in [6.07, 6.45) is -2.59. The van der Waals surface area contributed by atoms with Crippen molar-refractivity contribution in [3.63, 3.8) is 0 Å². The summed E-state index contributed by atoms with van der Waals surface area (Å²) in [5.74, 6) is -1.40. The summed E-state index contributed by atoms with van der Waals surface area (Å²) in [6, 6.07) is 14.3. The number of alkyl halides is 3. The van der Waals surface area contributed by atoms with Crippen LogP contribution in [0.5, 0.6) is 0 Å². The van der Waals surface area contributed by atoms with Crippen molar-refractivity contribution in [3.05, 3.63) is 82.1 Å². The molecule has 3 aromatic carbocycles. The molecular formula is C36H38F3N3O6S. The first-order chi connectivity index (χ1) is 23.1. The lowest BCUT2D eigenvalue weighted by molar-refractivity contribution is -0.144. The van der Waals surface area contributed by atoms with Crippen LogP contribution in [0.3, 0.4) is 0 Å². The molecule has 260 valence electrons. The summed E-state index contributed by atoms with van der Waals surface area (Å²) < 4.78 is 69.0. The largest absolute Gasteiger partial charge is 0.480 e. The molecule has 2 heterocycles. The molecule has 1 aliphatic heterocycles. The van der Waals surface area contributed by atoms with Gasteiger partial charge in [-0.05, 0) is 53.6 Å². The van der Waals surface area contributed by atoms with Gasteiger partial charge in [-0.2, -0.15) is 13.2 Å². The molecule has 1 amide bonds. The van der Waals surface area contributed by atoms with Crippen molar-refractivity contribution in [3.8, 4) is 11.1 Å². The van der Waals surface area contributed by atoms with Crippen LogP contribution in [-0.4, -0.2) is 71.5 Å². The Labute approximate surface area is 281 Å². The number of amides is 1. The van der Waals surface area contributed by atoms with Gasteiger partial charge < -0.3 is 15.0 Å². The van der Waals surface area contributed by atoms with E-state index in [9.17, 15) is 41.1 Å². The van der Waals surface area contributed by atoms with Crippen molar-refractivity contribution in [1.29, 1.82) is 0 Å². The third kappa shape index (κ3) is 6.70. The Morgan fingerprint density at radius 1 is 0.959 bits per heavy atom. The first-order valence-corrected chi connectivity index (χ1v) is 18.1. The third-order valence-electron chi connectivity index (χ3n) is 10.4.